The minimum Gasteiger partial charge on any atom is -0.497 e. The molecule has 0 amide bonds. The van der Waals surface area contributed by atoms with E-state index < -0.39 is 0 Å². The zero-order valence-electron chi connectivity index (χ0n) is 9.44. The van der Waals surface area contributed by atoms with Crippen molar-refractivity contribution in [3.8, 4) is 5.75 Å². The average Bonchev–Trinajstić information content (AvgIpc) is 2.72. The molecule has 1 aliphatic heterocycles. The zero-order valence-corrected chi connectivity index (χ0v) is 9.44. The van der Waals surface area contributed by atoms with Gasteiger partial charge in [0, 0.05) is 25.7 Å². The van der Waals surface area contributed by atoms with Crippen LogP contribution < -0.4 is 15.4 Å². The molecule has 0 aromatic heterocycles. The number of hydrogen-bond donors (Lipinski definition) is 3. The minimum absolute atomic E-state index is 0.145. The first-order chi connectivity index (χ1) is 7.79. The van der Waals surface area contributed by atoms with Gasteiger partial charge in [0.1, 0.15) is 5.75 Å². The normalized spacial score (nSPS) is 24.6. The molecule has 1 aromatic carbocycles. The number of benzene rings is 1. The third kappa shape index (κ3) is 2.72. The van der Waals surface area contributed by atoms with Crippen LogP contribution in [-0.4, -0.2) is 37.5 Å². The molecule has 1 saturated heterocycles. The Morgan fingerprint density at radius 1 is 1.50 bits per heavy atom. The monoisotopic (exact) mass is 222 g/mol. The summed E-state index contributed by atoms with van der Waals surface area (Å²) in [6.45, 7) is 2.25. The molecule has 0 unspecified atom stereocenters. The highest BCUT2D eigenvalue weighted by molar-refractivity contribution is 5.28. The fourth-order valence-electron chi connectivity index (χ4n) is 1.90. The highest BCUT2D eigenvalue weighted by atomic mass is 16.5. The lowest BCUT2D eigenvalue weighted by Crippen LogP contribution is -2.38. The molecular weight excluding hydrogens is 204 g/mol. The largest absolute Gasteiger partial charge is 0.497 e. The number of aliphatic hydroxyl groups is 1. The Morgan fingerprint density at radius 2 is 2.38 bits per heavy atom. The average molecular weight is 222 g/mol. The molecule has 16 heavy (non-hydrogen) atoms. The van der Waals surface area contributed by atoms with Crippen molar-refractivity contribution >= 4 is 0 Å². The van der Waals surface area contributed by atoms with E-state index in [9.17, 15) is 5.11 Å². The van der Waals surface area contributed by atoms with Gasteiger partial charge in [0.2, 0.25) is 0 Å². The number of ether oxygens (including phenoxy) is 1. The molecule has 0 saturated carbocycles. The van der Waals surface area contributed by atoms with E-state index in [1.54, 1.807) is 7.11 Å². The first-order valence-electron chi connectivity index (χ1n) is 5.54. The minimum atomic E-state index is -0.286. The fraction of sp³-hybridized carbons (Fsp3) is 0.500. The van der Waals surface area contributed by atoms with Crippen LogP contribution in [0.1, 0.15) is 5.56 Å². The van der Waals surface area contributed by atoms with E-state index in [0.717, 1.165) is 18.8 Å². The predicted molar refractivity (Wildman–Crippen MR) is 62.5 cm³/mol. The van der Waals surface area contributed by atoms with E-state index in [0.29, 0.717) is 6.54 Å². The van der Waals surface area contributed by atoms with Gasteiger partial charge in [-0.1, -0.05) is 12.1 Å². The van der Waals surface area contributed by atoms with Crippen LogP contribution in [0.3, 0.4) is 0 Å². The van der Waals surface area contributed by atoms with Crippen molar-refractivity contribution in [1.29, 1.82) is 0 Å². The van der Waals surface area contributed by atoms with Crippen molar-refractivity contribution in [2.45, 2.75) is 18.7 Å². The van der Waals surface area contributed by atoms with Crippen LogP contribution in [0.4, 0.5) is 0 Å². The number of nitrogens with one attached hydrogen (secondary N) is 2. The molecule has 0 radical (unpaired) electrons. The molecule has 0 bridgehead atoms. The van der Waals surface area contributed by atoms with Crippen molar-refractivity contribution in [3.63, 3.8) is 0 Å². The maximum atomic E-state index is 9.62. The third-order valence-electron chi connectivity index (χ3n) is 2.88. The van der Waals surface area contributed by atoms with Crippen LogP contribution in [0.2, 0.25) is 0 Å². The molecule has 2 rings (SSSR count). The Labute approximate surface area is 95.6 Å². The molecular formula is C12H18N2O2. The van der Waals surface area contributed by atoms with Gasteiger partial charge in [0.05, 0.1) is 13.2 Å². The summed E-state index contributed by atoms with van der Waals surface area (Å²) >= 11 is 0. The summed E-state index contributed by atoms with van der Waals surface area (Å²) in [5.74, 6) is 0.865. The van der Waals surface area contributed by atoms with Gasteiger partial charge >= 0.3 is 0 Å². The summed E-state index contributed by atoms with van der Waals surface area (Å²) in [6.07, 6.45) is -0.286. The van der Waals surface area contributed by atoms with Crippen LogP contribution in [0.15, 0.2) is 24.3 Å². The molecule has 1 heterocycles. The van der Waals surface area contributed by atoms with Crippen molar-refractivity contribution < 1.29 is 9.84 Å². The summed E-state index contributed by atoms with van der Waals surface area (Å²) < 4.78 is 5.16. The Morgan fingerprint density at radius 3 is 3.06 bits per heavy atom. The number of rotatable bonds is 4. The molecule has 1 aliphatic rings. The van der Waals surface area contributed by atoms with E-state index in [1.165, 1.54) is 5.56 Å². The van der Waals surface area contributed by atoms with E-state index >= 15 is 0 Å². The fourth-order valence-corrected chi connectivity index (χ4v) is 1.90. The standard InChI is InChI=1S/C12H18N2O2/c1-16-10-4-2-3-9(5-10)6-14-11-7-13-8-12(11)15/h2-5,11-15H,6-8H2,1H3/t11-,12-/m1/s1. The summed E-state index contributed by atoms with van der Waals surface area (Å²) in [6, 6.07) is 8.09. The summed E-state index contributed by atoms with van der Waals surface area (Å²) in [4.78, 5) is 0. The van der Waals surface area contributed by atoms with Gasteiger partial charge in [0.25, 0.3) is 0 Å². The second kappa shape index (κ2) is 5.30. The molecule has 0 spiro atoms. The molecule has 4 nitrogen and oxygen atoms in total. The lowest BCUT2D eigenvalue weighted by Gasteiger charge is -2.15. The number of aliphatic hydroxyl groups excluding tert-OH is 1. The third-order valence-corrected chi connectivity index (χ3v) is 2.88. The highest BCUT2D eigenvalue weighted by Gasteiger charge is 2.23. The van der Waals surface area contributed by atoms with Gasteiger partial charge < -0.3 is 20.5 Å². The topological polar surface area (TPSA) is 53.5 Å². The molecule has 1 fully saturated rings. The van der Waals surface area contributed by atoms with Crippen molar-refractivity contribution in [1.82, 2.24) is 10.6 Å². The highest BCUT2D eigenvalue weighted by Crippen LogP contribution is 2.12. The lowest BCUT2D eigenvalue weighted by atomic mass is 10.1. The Bertz CT molecular complexity index is 344. The second-order valence-electron chi connectivity index (χ2n) is 4.06. The van der Waals surface area contributed by atoms with Crippen LogP contribution in [0, 0.1) is 0 Å². The smallest absolute Gasteiger partial charge is 0.119 e. The van der Waals surface area contributed by atoms with Crippen LogP contribution in [0.25, 0.3) is 0 Å². The predicted octanol–water partition coefficient (Wildman–Crippen LogP) is 0.117. The number of methoxy groups -OCH3 is 1. The molecule has 88 valence electrons. The molecule has 0 aliphatic carbocycles. The number of hydrogen-bond acceptors (Lipinski definition) is 4. The van der Waals surface area contributed by atoms with Gasteiger partial charge in [-0.15, -0.1) is 0 Å². The quantitative estimate of drug-likeness (QED) is 0.677. The molecule has 4 heteroatoms. The maximum absolute atomic E-state index is 9.62. The molecule has 2 atom stereocenters. The summed E-state index contributed by atoms with van der Waals surface area (Å²) in [5, 5.41) is 16.1. The first kappa shape index (κ1) is 11.4. The van der Waals surface area contributed by atoms with Crippen molar-refractivity contribution in [2.24, 2.45) is 0 Å². The van der Waals surface area contributed by atoms with E-state index in [2.05, 4.69) is 10.6 Å². The van der Waals surface area contributed by atoms with Gasteiger partial charge in [-0.2, -0.15) is 0 Å². The van der Waals surface area contributed by atoms with E-state index in [1.807, 2.05) is 24.3 Å². The Kier molecular flexibility index (Phi) is 3.77. The van der Waals surface area contributed by atoms with E-state index in [-0.39, 0.29) is 12.1 Å². The van der Waals surface area contributed by atoms with Gasteiger partial charge in [-0.3, -0.25) is 0 Å². The zero-order chi connectivity index (χ0) is 11.4. The van der Waals surface area contributed by atoms with Crippen LogP contribution >= 0.6 is 0 Å². The Balaban J connectivity index is 1.88. The van der Waals surface area contributed by atoms with Gasteiger partial charge in [-0.05, 0) is 17.7 Å². The first-order valence-corrected chi connectivity index (χ1v) is 5.54. The maximum Gasteiger partial charge on any atom is 0.119 e. The van der Waals surface area contributed by atoms with E-state index in [4.69, 9.17) is 4.74 Å². The SMILES string of the molecule is COc1cccc(CN[C@@H]2CNC[C@H]2O)c1. The molecule has 1 aromatic rings. The Hall–Kier alpha value is -1.10. The lowest BCUT2D eigenvalue weighted by molar-refractivity contribution is 0.162. The number of β-amino-alcohol motifs (C(OH)–C–C–N with tert-alkyl or cyclic N) is 1. The van der Waals surface area contributed by atoms with Crippen LogP contribution in [0.5, 0.6) is 5.75 Å². The van der Waals surface area contributed by atoms with Crippen LogP contribution in [-0.2, 0) is 6.54 Å². The molecule has 3 N–H and O–H groups in total. The second-order valence-corrected chi connectivity index (χ2v) is 4.06. The van der Waals surface area contributed by atoms with Gasteiger partial charge in [-0.25, -0.2) is 0 Å². The van der Waals surface area contributed by atoms with Gasteiger partial charge in [0.15, 0.2) is 0 Å². The van der Waals surface area contributed by atoms with Crippen molar-refractivity contribution in [2.75, 3.05) is 20.2 Å². The summed E-state index contributed by atoms with van der Waals surface area (Å²) in [5.41, 5.74) is 1.17. The summed E-state index contributed by atoms with van der Waals surface area (Å²) in [7, 11) is 1.66. The van der Waals surface area contributed by atoms with Crippen molar-refractivity contribution in [3.05, 3.63) is 29.8 Å².